The average Bonchev–Trinajstić information content (AvgIpc) is 2.95. The number of benzene rings is 2. The first kappa shape index (κ1) is 29.4. The van der Waals surface area contributed by atoms with Gasteiger partial charge in [-0.15, -0.1) is 0 Å². The van der Waals surface area contributed by atoms with Crippen LogP contribution >= 0.6 is 0 Å². The lowest BCUT2D eigenvalue weighted by atomic mass is 9.77. The Morgan fingerprint density at radius 3 is 2.54 bits per heavy atom. The SMILES string of the molecule is CCC1(N2CCN(CCc3cccc(OC(CCOC(=O)NC)c4ccccc4)c3)CC2)CCOC(C)(C)C1. The summed E-state index contributed by atoms with van der Waals surface area (Å²) in [6, 6.07) is 18.5. The zero-order chi connectivity index (χ0) is 27.7. The Balaban J connectivity index is 1.30. The third kappa shape index (κ3) is 8.19. The van der Waals surface area contributed by atoms with Crippen LogP contribution in [-0.2, 0) is 15.9 Å². The zero-order valence-electron chi connectivity index (χ0n) is 24.3. The minimum atomic E-state index is -0.425. The van der Waals surface area contributed by atoms with Gasteiger partial charge in [0.25, 0.3) is 0 Å². The molecule has 2 unspecified atom stereocenters. The molecule has 0 aliphatic carbocycles. The molecule has 0 bridgehead atoms. The number of hydrogen-bond acceptors (Lipinski definition) is 6. The number of amides is 1. The van der Waals surface area contributed by atoms with Crippen LogP contribution in [0.3, 0.4) is 0 Å². The normalized spacial score (nSPS) is 22.7. The standard InChI is InChI=1S/C32H47N3O4/c1-5-32(16-23-38-31(2,3)25-32)35-20-18-34(19-21-35)17-14-26-10-9-13-28(24-26)39-29(15-22-37-30(36)33-4)27-11-7-6-8-12-27/h6-13,24,29H,5,14-23,25H2,1-4H3,(H,33,36). The molecule has 2 aliphatic rings. The van der Waals surface area contributed by atoms with Gasteiger partial charge in [0.15, 0.2) is 0 Å². The van der Waals surface area contributed by atoms with E-state index >= 15 is 0 Å². The molecule has 1 amide bonds. The highest BCUT2D eigenvalue weighted by atomic mass is 16.5. The summed E-state index contributed by atoms with van der Waals surface area (Å²) in [5.74, 6) is 0.845. The van der Waals surface area contributed by atoms with Crippen LogP contribution in [0, 0.1) is 0 Å². The fourth-order valence-electron chi connectivity index (χ4n) is 6.21. The number of piperazine rings is 1. The van der Waals surface area contributed by atoms with E-state index in [1.165, 1.54) is 12.0 Å². The predicted molar refractivity (Wildman–Crippen MR) is 155 cm³/mol. The van der Waals surface area contributed by atoms with Crippen molar-refractivity contribution in [1.29, 1.82) is 0 Å². The quantitative estimate of drug-likeness (QED) is 0.411. The second-order valence-electron chi connectivity index (χ2n) is 11.5. The van der Waals surface area contributed by atoms with E-state index in [0.29, 0.717) is 6.42 Å². The zero-order valence-corrected chi connectivity index (χ0v) is 24.3. The molecule has 2 atom stereocenters. The van der Waals surface area contributed by atoms with Crippen molar-refractivity contribution in [2.45, 2.75) is 70.1 Å². The second-order valence-corrected chi connectivity index (χ2v) is 11.5. The van der Waals surface area contributed by atoms with E-state index in [1.54, 1.807) is 7.05 Å². The van der Waals surface area contributed by atoms with Crippen molar-refractivity contribution < 1.29 is 19.0 Å². The fraction of sp³-hybridized carbons (Fsp3) is 0.594. The molecule has 1 N–H and O–H groups in total. The Hall–Kier alpha value is -2.61. The molecule has 39 heavy (non-hydrogen) atoms. The summed E-state index contributed by atoms with van der Waals surface area (Å²) in [4.78, 5) is 16.9. The highest BCUT2D eigenvalue weighted by molar-refractivity contribution is 5.66. The van der Waals surface area contributed by atoms with Gasteiger partial charge in [-0.2, -0.15) is 0 Å². The smallest absolute Gasteiger partial charge is 0.406 e. The Kier molecular flexibility index (Phi) is 10.3. The van der Waals surface area contributed by atoms with Crippen LogP contribution < -0.4 is 10.1 Å². The van der Waals surface area contributed by atoms with E-state index in [0.717, 1.165) is 69.9 Å². The lowest BCUT2D eigenvalue weighted by Gasteiger charge is -2.53. The first-order valence-electron chi connectivity index (χ1n) is 14.6. The number of alkyl carbamates (subject to hydrolysis) is 1. The van der Waals surface area contributed by atoms with E-state index in [2.05, 4.69) is 66.2 Å². The summed E-state index contributed by atoms with van der Waals surface area (Å²) < 4.78 is 17.7. The van der Waals surface area contributed by atoms with E-state index in [9.17, 15) is 4.79 Å². The highest BCUT2D eigenvalue weighted by Gasteiger charge is 2.44. The van der Waals surface area contributed by atoms with Gasteiger partial charge in [0.1, 0.15) is 11.9 Å². The van der Waals surface area contributed by atoms with Crippen LogP contribution in [0.1, 0.15) is 63.7 Å². The van der Waals surface area contributed by atoms with Gasteiger partial charge in [-0.3, -0.25) is 4.90 Å². The van der Waals surface area contributed by atoms with Crippen molar-refractivity contribution >= 4 is 6.09 Å². The fourth-order valence-corrected chi connectivity index (χ4v) is 6.21. The molecule has 2 aromatic rings. The molecule has 7 heteroatoms. The maximum atomic E-state index is 11.5. The minimum absolute atomic E-state index is 0.0326. The molecule has 0 aromatic heterocycles. The highest BCUT2D eigenvalue weighted by Crippen LogP contribution is 2.39. The van der Waals surface area contributed by atoms with E-state index in [1.807, 2.05) is 24.3 Å². The molecule has 0 radical (unpaired) electrons. The van der Waals surface area contributed by atoms with Crippen LogP contribution in [0.5, 0.6) is 5.75 Å². The van der Waals surface area contributed by atoms with Crippen molar-refractivity contribution in [3.63, 3.8) is 0 Å². The van der Waals surface area contributed by atoms with Gasteiger partial charge in [-0.05, 0) is 62.8 Å². The van der Waals surface area contributed by atoms with Gasteiger partial charge < -0.3 is 24.4 Å². The summed E-state index contributed by atoms with van der Waals surface area (Å²) in [5.41, 5.74) is 2.59. The molecule has 2 aromatic carbocycles. The monoisotopic (exact) mass is 537 g/mol. The van der Waals surface area contributed by atoms with Crippen LogP contribution in [0.4, 0.5) is 4.79 Å². The molecule has 2 saturated heterocycles. The number of rotatable bonds is 11. The molecular formula is C32H47N3O4. The number of hydrogen-bond donors (Lipinski definition) is 1. The first-order valence-corrected chi connectivity index (χ1v) is 14.6. The van der Waals surface area contributed by atoms with Crippen LogP contribution in [0.25, 0.3) is 0 Å². The average molecular weight is 538 g/mol. The molecule has 0 saturated carbocycles. The van der Waals surface area contributed by atoms with Crippen molar-refractivity contribution in [1.82, 2.24) is 15.1 Å². The van der Waals surface area contributed by atoms with Crippen molar-refractivity contribution in [3.05, 3.63) is 65.7 Å². The molecular weight excluding hydrogens is 490 g/mol. The number of nitrogens with zero attached hydrogens (tertiary/aromatic N) is 2. The third-order valence-corrected chi connectivity index (χ3v) is 8.40. The molecule has 2 heterocycles. The van der Waals surface area contributed by atoms with Crippen molar-refractivity contribution in [3.8, 4) is 5.75 Å². The van der Waals surface area contributed by atoms with Gasteiger partial charge >= 0.3 is 6.09 Å². The minimum Gasteiger partial charge on any atom is -0.486 e. The molecule has 4 rings (SSSR count). The second kappa shape index (κ2) is 13.6. The van der Waals surface area contributed by atoms with Crippen LogP contribution in [-0.4, -0.2) is 80.0 Å². The van der Waals surface area contributed by atoms with Gasteiger partial charge in [0, 0.05) is 58.3 Å². The molecule has 0 spiro atoms. The van der Waals surface area contributed by atoms with Gasteiger partial charge in [0.2, 0.25) is 0 Å². The number of carbonyl (C=O) groups excluding carboxylic acids is 1. The third-order valence-electron chi connectivity index (χ3n) is 8.40. The van der Waals surface area contributed by atoms with E-state index in [-0.39, 0.29) is 23.9 Å². The predicted octanol–water partition coefficient (Wildman–Crippen LogP) is 5.45. The molecule has 7 nitrogen and oxygen atoms in total. The number of ether oxygens (including phenoxy) is 3. The Labute approximate surface area is 234 Å². The van der Waals surface area contributed by atoms with Gasteiger partial charge in [-0.1, -0.05) is 49.4 Å². The summed E-state index contributed by atoms with van der Waals surface area (Å²) in [6.45, 7) is 13.5. The maximum Gasteiger partial charge on any atom is 0.406 e. The van der Waals surface area contributed by atoms with Crippen LogP contribution in [0.15, 0.2) is 54.6 Å². The van der Waals surface area contributed by atoms with Crippen molar-refractivity contribution in [2.75, 3.05) is 53.0 Å². The van der Waals surface area contributed by atoms with Crippen molar-refractivity contribution in [2.24, 2.45) is 0 Å². The van der Waals surface area contributed by atoms with E-state index < -0.39 is 6.09 Å². The van der Waals surface area contributed by atoms with Crippen LogP contribution in [0.2, 0.25) is 0 Å². The topological polar surface area (TPSA) is 63.3 Å². The molecule has 214 valence electrons. The lowest BCUT2D eigenvalue weighted by Crippen LogP contribution is -2.61. The first-order chi connectivity index (χ1) is 18.8. The molecule has 2 aliphatic heterocycles. The maximum absolute atomic E-state index is 11.5. The summed E-state index contributed by atoms with van der Waals surface area (Å²) >= 11 is 0. The van der Waals surface area contributed by atoms with E-state index in [4.69, 9.17) is 14.2 Å². The molecule has 2 fully saturated rings. The van der Waals surface area contributed by atoms with Gasteiger partial charge in [0.05, 0.1) is 12.2 Å². The summed E-state index contributed by atoms with van der Waals surface area (Å²) in [5, 5.41) is 2.49. The Morgan fingerprint density at radius 1 is 1.08 bits per heavy atom. The lowest BCUT2D eigenvalue weighted by molar-refractivity contribution is -0.128. The Morgan fingerprint density at radius 2 is 1.85 bits per heavy atom. The Bertz CT molecular complexity index is 1040. The number of nitrogens with one attached hydrogen (secondary N) is 1. The summed E-state index contributed by atoms with van der Waals surface area (Å²) in [6.07, 6.45) is 4.40. The largest absolute Gasteiger partial charge is 0.486 e. The number of carbonyl (C=O) groups is 1. The van der Waals surface area contributed by atoms with Gasteiger partial charge in [-0.25, -0.2) is 4.79 Å². The summed E-state index contributed by atoms with van der Waals surface area (Å²) in [7, 11) is 1.56.